The molecule has 5 nitrogen and oxygen atoms in total. The van der Waals surface area contributed by atoms with E-state index in [2.05, 4.69) is 29.6 Å². The van der Waals surface area contributed by atoms with Gasteiger partial charge >= 0.3 is 0 Å². The Balaban J connectivity index is 0.00000280. The highest BCUT2D eigenvalue weighted by Crippen LogP contribution is 2.39. The molecule has 1 heterocycles. The number of hydrogen-bond acceptors (Lipinski definition) is 3. The molecule has 1 aliphatic carbocycles. The molecule has 0 bridgehead atoms. The number of carbonyl (C=O) groups is 2. The van der Waals surface area contributed by atoms with E-state index in [-0.39, 0.29) is 41.6 Å². The third-order valence-electron chi connectivity index (χ3n) is 6.40. The molecule has 1 aromatic rings. The summed E-state index contributed by atoms with van der Waals surface area (Å²) in [7, 11) is 0. The van der Waals surface area contributed by atoms with E-state index < -0.39 is 0 Å². The van der Waals surface area contributed by atoms with Crippen molar-refractivity contribution in [1.29, 1.82) is 0 Å². The summed E-state index contributed by atoms with van der Waals surface area (Å²) in [6.07, 6.45) is 7.46. The predicted octanol–water partition coefficient (Wildman–Crippen LogP) is 3.01. The van der Waals surface area contributed by atoms with Crippen LogP contribution in [-0.2, 0) is 15.0 Å². The largest absolute Gasteiger partial charge is 0.355 e. The van der Waals surface area contributed by atoms with Crippen molar-refractivity contribution < 1.29 is 9.59 Å². The molecular weight excluding hydrogens is 374 g/mol. The quantitative estimate of drug-likeness (QED) is 0.805. The maximum Gasteiger partial charge on any atom is 0.224 e. The number of nitrogens with zero attached hydrogens (tertiary/aromatic N) is 1. The van der Waals surface area contributed by atoms with E-state index in [1.807, 2.05) is 6.07 Å². The van der Waals surface area contributed by atoms with Crippen LogP contribution >= 0.6 is 12.4 Å². The molecule has 2 atom stereocenters. The van der Waals surface area contributed by atoms with E-state index in [0.717, 1.165) is 25.7 Å². The molecule has 2 fully saturated rings. The zero-order valence-corrected chi connectivity index (χ0v) is 17.7. The van der Waals surface area contributed by atoms with Gasteiger partial charge in [0.1, 0.15) is 0 Å². The first-order valence-corrected chi connectivity index (χ1v) is 10.3. The normalized spacial score (nSPS) is 24.6. The molecule has 3 N–H and O–H groups in total. The lowest BCUT2D eigenvalue weighted by molar-refractivity contribution is -0.131. The summed E-state index contributed by atoms with van der Waals surface area (Å²) in [6.45, 7) is 3.26. The van der Waals surface area contributed by atoms with Crippen molar-refractivity contribution in [1.82, 2.24) is 10.2 Å². The Morgan fingerprint density at radius 2 is 1.79 bits per heavy atom. The van der Waals surface area contributed by atoms with Crippen LogP contribution in [0, 0.1) is 5.92 Å². The van der Waals surface area contributed by atoms with Crippen LogP contribution in [0.25, 0.3) is 0 Å². The fourth-order valence-electron chi connectivity index (χ4n) is 4.68. The lowest BCUT2D eigenvalue weighted by atomic mass is 9.69. The minimum absolute atomic E-state index is 0. The van der Waals surface area contributed by atoms with Gasteiger partial charge in [-0.05, 0) is 31.2 Å². The lowest BCUT2D eigenvalue weighted by Gasteiger charge is -2.38. The van der Waals surface area contributed by atoms with Gasteiger partial charge in [-0.15, -0.1) is 12.4 Å². The Morgan fingerprint density at radius 1 is 1.11 bits per heavy atom. The molecule has 0 spiro atoms. The lowest BCUT2D eigenvalue weighted by Crippen LogP contribution is -2.46. The number of benzene rings is 1. The summed E-state index contributed by atoms with van der Waals surface area (Å²) < 4.78 is 0. The molecule has 1 saturated carbocycles. The average Bonchev–Trinajstić information content (AvgIpc) is 2.89. The van der Waals surface area contributed by atoms with E-state index in [9.17, 15) is 9.59 Å². The van der Waals surface area contributed by atoms with E-state index in [0.29, 0.717) is 19.6 Å². The molecule has 1 aliphatic heterocycles. The van der Waals surface area contributed by atoms with Crippen molar-refractivity contribution in [2.24, 2.45) is 11.7 Å². The summed E-state index contributed by atoms with van der Waals surface area (Å²) in [5.41, 5.74) is 7.46. The maximum absolute atomic E-state index is 13.0. The molecule has 2 aliphatic rings. The first-order chi connectivity index (χ1) is 13.0. The minimum Gasteiger partial charge on any atom is -0.355 e. The zero-order valence-electron chi connectivity index (χ0n) is 16.9. The number of nitrogens with two attached hydrogens (primary N) is 1. The van der Waals surface area contributed by atoms with Crippen LogP contribution in [0.3, 0.4) is 0 Å². The minimum atomic E-state index is -0.168. The Labute approximate surface area is 174 Å². The summed E-state index contributed by atoms with van der Waals surface area (Å²) in [5, 5.41) is 3.25. The highest BCUT2D eigenvalue weighted by atomic mass is 35.5. The van der Waals surface area contributed by atoms with Gasteiger partial charge in [-0.25, -0.2) is 0 Å². The fraction of sp³-hybridized carbons (Fsp3) is 0.636. The molecule has 3 rings (SSSR count). The summed E-state index contributed by atoms with van der Waals surface area (Å²) >= 11 is 0. The van der Waals surface area contributed by atoms with Crippen LogP contribution in [0.1, 0.15) is 57.4 Å². The van der Waals surface area contributed by atoms with Crippen LogP contribution < -0.4 is 11.1 Å². The second-order valence-electron chi connectivity index (χ2n) is 8.38. The topological polar surface area (TPSA) is 75.4 Å². The van der Waals surface area contributed by atoms with Crippen LogP contribution in [0.4, 0.5) is 0 Å². The first kappa shape index (κ1) is 22.7. The van der Waals surface area contributed by atoms with Gasteiger partial charge in [-0.2, -0.15) is 0 Å². The van der Waals surface area contributed by atoms with E-state index >= 15 is 0 Å². The molecule has 2 amide bonds. The molecule has 0 aromatic heterocycles. The van der Waals surface area contributed by atoms with Gasteiger partial charge in [-0.3, -0.25) is 9.59 Å². The second-order valence-corrected chi connectivity index (χ2v) is 8.38. The van der Waals surface area contributed by atoms with Gasteiger partial charge in [0.05, 0.1) is 5.92 Å². The van der Waals surface area contributed by atoms with Gasteiger partial charge in [0, 0.05) is 38.0 Å². The van der Waals surface area contributed by atoms with Crippen molar-refractivity contribution in [3.05, 3.63) is 35.9 Å². The van der Waals surface area contributed by atoms with E-state index in [1.165, 1.54) is 24.8 Å². The van der Waals surface area contributed by atoms with Crippen molar-refractivity contribution in [3.63, 3.8) is 0 Å². The van der Waals surface area contributed by atoms with Crippen LogP contribution in [0.15, 0.2) is 30.3 Å². The first-order valence-electron chi connectivity index (χ1n) is 10.3. The van der Waals surface area contributed by atoms with Gasteiger partial charge in [0.15, 0.2) is 0 Å². The van der Waals surface area contributed by atoms with Gasteiger partial charge in [0.25, 0.3) is 0 Å². The summed E-state index contributed by atoms with van der Waals surface area (Å²) in [4.78, 5) is 26.5. The average molecular weight is 408 g/mol. The standard InChI is InChI=1S/C22H33N3O2.ClH/c1-17(26)25-14-18(10-11-20(23)15-25)21(27)24-16-22(12-6-3-7-13-22)19-8-4-2-5-9-19;/h2,4-5,8-9,18,20H,3,6-7,10-16,23H2,1H3,(H,24,27);1H/t18-,20+;/m1./s1. The Kier molecular flexibility index (Phi) is 8.32. The predicted molar refractivity (Wildman–Crippen MR) is 114 cm³/mol. The Hall–Kier alpha value is -1.59. The number of likely N-dealkylation sites (tertiary alicyclic amines) is 1. The zero-order chi connectivity index (χ0) is 19.3. The Bertz CT molecular complexity index is 646. The number of amides is 2. The van der Waals surface area contributed by atoms with Crippen LogP contribution in [0.2, 0.25) is 0 Å². The maximum atomic E-state index is 13.0. The van der Waals surface area contributed by atoms with Gasteiger partial charge in [0.2, 0.25) is 11.8 Å². The second kappa shape index (κ2) is 10.3. The summed E-state index contributed by atoms with van der Waals surface area (Å²) in [5.74, 6) is -0.103. The van der Waals surface area contributed by atoms with Crippen molar-refractivity contribution in [2.45, 2.75) is 63.3 Å². The van der Waals surface area contributed by atoms with Crippen LogP contribution in [-0.4, -0.2) is 42.4 Å². The molecule has 0 radical (unpaired) electrons. The Morgan fingerprint density at radius 3 is 2.43 bits per heavy atom. The summed E-state index contributed by atoms with van der Waals surface area (Å²) in [6, 6.07) is 10.6. The molecule has 1 aromatic carbocycles. The molecule has 1 saturated heterocycles. The van der Waals surface area contributed by atoms with Gasteiger partial charge < -0.3 is 16.0 Å². The van der Waals surface area contributed by atoms with Crippen molar-refractivity contribution in [3.8, 4) is 0 Å². The molecule has 156 valence electrons. The SMILES string of the molecule is CC(=O)N1C[C@@H](N)CC[C@@H](C(=O)NCC2(c3ccccc3)CCCCC2)C1.Cl. The van der Waals surface area contributed by atoms with E-state index in [1.54, 1.807) is 11.8 Å². The monoisotopic (exact) mass is 407 g/mol. The van der Waals surface area contributed by atoms with Gasteiger partial charge in [-0.1, -0.05) is 49.6 Å². The highest BCUT2D eigenvalue weighted by molar-refractivity contribution is 5.85. The number of halogens is 1. The van der Waals surface area contributed by atoms with Crippen molar-refractivity contribution in [2.75, 3.05) is 19.6 Å². The highest BCUT2D eigenvalue weighted by Gasteiger charge is 2.35. The molecule has 0 unspecified atom stereocenters. The molecule has 6 heteroatoms. The third-order valence-corrected chi connectivity index (χ3v) is 6.40. The third kappa shape index (κ3) is 5.48. The van der Waals surface area contributed by atoms with Crippen LogP contribution in [0.5, 0.6) is 0 Å². The number of rotatable bonds is 4. The number of hydrogen-bond donors (Lipinski definition) is 2. The van der Waals surface area contributed by atoms with E-state index in [4.69, 9.17) is 5.73 Å². The smallest absolute Gasteiger partial charge is 0.224 e. The molecule has 28 heavy (non-hydrogen) atoms. The number of carbonyl (C=O) groups excluding carboxylic acids is 2. The van der Waals surface area contributed by atoms with Crippen molar-refractivity contribution >= 4 is 24.2 Å². The molecular formula is C22H34ClN3O2. The fourth-order valence-corrected chi connectivity index (χ4v) is 4.68. The number of nitrogens with one attached hydrogen (secondary N) is 1.